The number of nitrogens with one attached hydrogen (secondary N) is 1. The number of rotatable bonds is 7. The second kappa shape index (κ2) is 11.9. The third-order valence-corrected chi connectivity index (χ3v) is 5.27. The lowest BCUT2D eigenvalue weighted by Crippen LogP contribution is -2.40. The summed E-state index contributed by atoms with van der Waals surface area (Å²) in [6.45, 7) is 4.45. The first-order valence-electron chi connectivity index (χ1n) is 9.13. The van der Waals surface area contributed by atoms with E-state index < -0.39 is 6.61 Å². The molecule has 0 saturated carbocycles. The van der Waals surface area contributed by atoms with E-state index in [2.05, 4.69) is 31.3 Å². The molecule has 2 heterocycles. The number of pyridine rings is 1. The van der Waals surface area contributed by atoms with Crippen molar-refractivity contribution in [1.82, 2.24) is 19.5 Å². The molecular weight excluding hydrogens is 386 g/mol. The van der Waals surface area contributed by atoms with Crippen LogP contribution in [0.5, 0.6) is 5.88 Å². The molecule has 154 valence electrons. The molecule has 1 N–H and O–H groups in total. The second-order valence-electron chi connectivity index (χ2n) is 6.14. The molecule has 1 fully saturated rings. The highest BCUT2D eigenvalue weighted by molar-refractivity contribution is 7.97. The summed E-state index contributed by atoms with van der Waals surface area (Å²) in [5.74, 6) is -0.0201. The Morgan fingerprint density at radius 1 is 1.25 bits per heavy atom. The summed E-state index contributed by atoms with van der Waals surface area (Å²) >= 11 is 1.66. The molecule has 6 nitrogen and oxygen atoms in total. The van der Waals surface area contributed by atoms with E-state index in [-0.39, 0.29) is 5.88 Å². The van der Waals surface area contributed by atoms with Crippen molar-refractivity contribution in [3.05, 3.63) is 30.5 Å². The average molecular weight is 413 g/mol. The number of halogens is 2. The first-order valence-corrected chi connectivity index (χ1v) is 9.90. The van der Waals surface area contributed by atoms with Crippen molar-refractivity contribution in [3.8, 4) is 5.88 Å². The quantitative estimate of drug-likeness (QED) is 0.426. The minimum absolute atomic E-state index is 0.0201. The Hall–Kier alpha value is -1.81. The van der Waals surface area contributed by atoms with E-state index in [4.69, 9.17) is 0 Å². The Kier molecular flexibility index (Phi) is 9.56. The van der Waals surface area contributed by atoms with Crippen LogP contribution in [0, 0.1) is 0 Å². The lowest BCUT2D eigenvalue weighted by molar-refractivity contribution is -0.107. The molecule has 28 heavy (non-hydrogen) atoms. The maximum absolute atomic E-state index is 12.5. The molecule has 0 amide bonds. The molecule has 1 aliphatic rings. The zero-order valence-electron chi connectivity index (χ0n) is 16.1. The number of alkyl halides is 2. The number of ether oxygens (including phenoxy) is 1. The summed E-state index contributed by atoms with van der Waals surface area (Å²) in [5.41, 5.74) is 0. The minimum atomic E-state index is -2.87. The van der Waals surface area contributed by atoms with Crippen LogP contribution in [0.1, 0.15) is 6.92 Å². The molecule has 0 radical (unpaired) electrons. The van der Waals surface area contributed by atoms with Gasteiger partial charge >= 0.3 is 6.61 Å². The van der Waals surface area contributed by atoms with Crippen LogP contribution in [0.15, 0.2) is 35.4 Å². The molecule has 1 saturated heterocycles. The van der Waals surface area contributed by atoms with Gasteiger partial charge in [-0.15, -0.1) is 0 Å². The Labute approximate surface area is 168 Å². The van der Waals surface area contributed by atoms with Crippen molar-refractivity contribution < 1.29 is 18.3 Å². The first-order chi connectivity index (χ1) is 13.5. The molecule has 2 aromatic rings. The fourth-order valence-electron chi connectivity index (χ4n) is 2.63. The smallest absolute Gasteiger partial charge is 0.388 e. The fraction of sp³-hybridized carbons (Fsp3) is 0.474. The molecule has 0 spiro atoms. The number of carbonyl (C=O) groups excluding carboxylic acids is 1. The van der Waals surface area contributed by atoms with Crippen molar-refractivity contribution in [2.45, 2.75) is 18.4 Å². The van der Waals surface area contributed by atoms with Gasteiger partial charge in [-0.2, -0.15) is 8.78 Å². The topological polar surface area (TPSA) is 57.7 Å². The number of piperazine rings is 1. The normalized spacial score (nSPS) is 15.3. The van der Waals surface area contributed by atoms with Gasteiger partial charge in [0.25, 0.3) is 0 Å². The van der Waals surface area contributed by atoms with Crippen LogP contribution in [0.4, 0.5) is 8.78 Å². The van der Waals surface area contributed by atoms with Gasteiger partial charge in [-0.3, -0.25) is 0 Å². The molecule has 0 atom stereocenters. The van der Waals surface area contributed by atoms with E-state index in [1.807, 2.05) is 25.1 Å². The highest BCUT2D eigenvalue weighted by Gasteiger charge is 2.17. The molecule has 0 aliphatic carbocycles. The van der Waals surface area contributed by atoms with Gasteiger partial charge < -0.3 is 19.7 Å². The molecule has 3 rings (SSSR count). The van der Waals surface area contributed by atoms with E-state index >= 15 is 0 Å². The minimum Gasteiger partial charge on any atom is -0.416 e. The molecule has 0 bridgehead atoms. The standard InChI is InChI=1S/C15H17F2N3OS.C4H9NO/c1-19-7-9-20(10-8-19)22-13-4-2-3-12-11(13)5-6-18-14(12)21-15(16)17;1-2-5-3-4-6/h2-6,15H,7-10H2,1H3;4-5H,2-3H2,1H3. The highest BCUT2D eigenvalue weighted by Crippen LogP contribution is 2.34. The zero-order chi connectivity index (χ0) is 20.4. The summed E-state index contributed by atoms with van der Waals surface area (Å²) in [6.07, 6.45) is 2.36. The summed E-state index contributed by atoms with van der Waals surface area (Å²) in [6, 6.07) is 7.44. The number of likely N-dealkylation sites (N-methyl/N-ethyl adjacent to an activating group) is 2. The maximum atomic E-state index is 12.5. The summed E-state index contributed by atoms with van der Waals surface area (Å²) in [4.78, 5) is 16.7. The Morgan fingerprint density at radius 2 is 2.00 bits per heavy atom. The molecule has 0 unspecified atom stereocenters. The predicted octanol–water partition coefficient (Wildman–Crippen LogP) is 2.89. The predicted molar refractivity (Wildman–Crippen MR) is 108 cm³/mol. The monoisotopic (exact) mass is 412 g/mol. The highest BCUT2D eigenvalue weighted by atomic mass is 32.2. The van der Waals surface area contributed by atoms with Crippen molar-refractivity contribution >= 4 is 29.0 Å². The van der Waals surface area contributed by atoms with Gasteiger partial charge in [0, 0.05) is 48.0 Å². The number of nitrogens with zero attached hydrogens (tertiary/aromatic N) is 3. The van der Waals surface area contributed by atoms with Crippen molar-refractivity contribution in [2.75, 3.05) is 46.3 Å². The van der Waals surface area contributed by atoms with E-state index in [1.54, 1.807) is 18.0 Å². The van der Waals surface area contributed by atoms with Gasteiger partial charge in [-0.05, 0) is 43.7 Å². The van der Waals surface area contributed by atoms with Gasteiger partial charge in [0.2, 0.25) is 5.88 Å². The molecule has 1 aliphatic heterocycles. The van der Waals surface area contributed by atoms with Crippen molar-refractivity contribution in [1.29, 1.82) is 0 Å². The van der Waals surface area contributed by atoms with Crippen LogP contribution in [-0.2, 0) is 4.79 Å². The number of fused-ring (bicyclic) bond motifs is 1. The number of aldehydes is 1. The fourth-order valence-corrected chi connectivity index (χ4v) is 3.67. The molecule has 1 aromatic carbocycles. The third-order valence-electron chi connectivity index (χ3n) is 4.10. The van der Waals surface area contributed by atoms with Gasteiger partial charge in [0.15, 0.2) is 0 Å². The third kappa shape index (κ3) is 6.97. The summed E-state index contributed by atoms with van der Waals surface area (Å²) < 4.78 is 31.8. The largest absolute Gasteiger partial charge is 0.416 e. The second-order valence-corrected chi connectivity index (χ2v) is 7.28. The van der Waals surface area contributed by atoms with E-state index in [1.165, 1.54) is 6.20 Å². The van der Waals surface area contributed by atoms with E-state index in [0.717, 1.165) is 49.3 Å². The number of benzene rings is 1. The van der Waals surface area contributed by atoms with Gasteiger partial charge in [-0.1, -0.05) is 13.0 Å². The Morgan fingerprint density at radius 3 is 2.61 bits per heavy atom. The van der Waals surface area contributed by atoms with E-state index in [9.17, 15) is 13.6 Å². The zero-order valence-corrected chi connectivity index (χ0v) is 16.9. The van der Waals surface area contributed by atoms with Gasteiger partial charge in [0.05, 0.1) is 6.54 Å². The van der Waals surface area contributed by atoms with Crippen molar-refractivity contribution in [2.24, 2.45) is 0 Å². The van der Waals surface area contributed by atoms with Crippen LogP contribution in [-0.4, -0.2) is 73.4 Å². The summed E-state index contributed by atoms with van der Waals surface area (Å²) in [5, 5.41) is 4.33. The maximum Gasteiger partial charge on any atom is 0.388 e. The SMILES string of the molecule is CCNCC=O.CN1CCN(Sc2cccc3c(OC(F)F)nccc23)CC1. The van der Waals surface area contributed by atoms with Crippen LogP contribution < -0.4 is 10.1 Å². The molecule has 9 heteroatoms. The van der Waals surface area contributed by atoms with Gasteiger partial charge in [0.1, 0.15) is 6.29 Å². The first kappa shape index (κ1) is 22.5. The van der Waals surface area contributed by atoms with Crippen LogP contribution in [0.3, 0.4) is 0 Å². The number of hydrogen-bond acceptors (Lipinski definition) is 7. The Bertz CT molecular complexity index is 743. The lowest BCUT2D eigenvalue weighted by atomic mass is 10.2. The lowest BCUT2D eigenvalue weighted by Gasteiger charge is -2.31. The number of aromatic nitrogens is 1. The van der Waals surface area contributed by atoms with Gasteiger partial charge in [-0.25, -0.2) is 9.29 Å². The summed E-state index contributed by atoms with van der Waals surface area (Å²) in [7, 11) is 2.11. The number of carbonyl (C=O) groups is 1. The number of hydrogen-bond donors (Lipinski definition) is 1. The van der Waals surface area contributed by atoms with Crippen LogP contribution in [0.2, 0.25) is 0 Å². The van der Waals surface area contributed by atoms with Crippen LogP contribution >= 0.6 is 11.9 Å². The molecular formula is C19H26F2N4O2S. The van der Waals surface area contributed by atoms with E-state index in [0.29, 0.717) is 11.9 Å². The van der Waals surface area contributed by atoms with Crippen molar-refractivity contribution in [3.63, 3.8) is 0 Å². The van der Waals surface area contributed by atoms with Crippen LogP contribution in [0.25, 0.3) is 10.8 Å². The molecule has 1 aromatic heterocycles. The average Bonchev–Trinajstić information content (AvgIpc) is 2.69. The Balaban J connectivity index is 0.000000409.